The number of carbonyl (C=O) groups is 1. The number of carbonyl (C=O) groups excluding carboxylic acids is 1. The van der Waals surface area contributed by atoms with Crippen molar-refractivity contribution in [2.75, 3.05) is 0 Å². The molecule has 0 bridgehead atoms. The number of fused-ring (bicyclic) bond motifs is 1. The number of rotatable bonds is 2. The first-order valence-corrected chi connectivity index (χ1v) is 5.43. The molecule has 2 aromatic heterocycles. The van der Waals surface area contributed by atoms with Crippen molar-refractivity contribution in [2.45, 2.75) is 6.92 Å². The lowest BCUT2D eigenvalue weighted by molar-refractivity contribution is 0.101. The van der Waals surface area contributed by atoms with Crippen LogP contribution in [-0.4, -0.2) is 10.8 Å². The quantitative estimate of drug-likeness (QED) is 0.680. The van der Waals surface area contributed by atoms with Crippen LogP contribution in [0.5, 0.6) is 0 Å². The lowest BCUT2D eigenvalue weighted by Crippen LogP contribution is -1.97. The minimum atomic E-state index is -0.0875. The van der Waals surface area contributed by atoms with Gasteiger partial charge in [0, 0.05) is 17.1 Å². The number of aromatic amines is 1. The predicted molar refractivity (Wildman–Crippen MR) is 65.2 cm³/mol. The Morgan fingerprint density at radius 3 is 2.76 bits per heavy atom. The molecule has 0 saturated carbocycles. The van der Waals surface area contributed by atoms with E-state index in [0.717, 1.165) is 16.7 Å². The molecule has 0 aliphatic heterocycles. The van der Waals surface area contributed by atoms with Crippen molar-refractivity contribution in [3.63, 3.8) is 0 Å². The van der Waals surface area contributed by atoms with E-state index in [1.165, 1.54) is 0 Å². The van der Waals surface area contributed by atoms with Gasteiger partial charge >= 0.3 is 0 Å². The number of aromatic nitrogens is 1. The molecule has 17 heavy (non-hydrogen) atoms. The van der Waals surface area contributed by atoms with Gasteiger partial charge in [-0.2, -0.15) is 0 Å². The average molecular weight is 225 g/mol. The summed E-state index contributed by atoms with van der Waals surface area (Å²) >= 11 is 0. The van der Waals surface area contributed by atoms with E-state index in [0.29, 0.717) is 11.3 Å². The Kier molecular flexibility index (Phi) is 2.11. The van der Waals surface area contributed by atoms with Crippen molar-refractivity contribution in [2.24, 2.45) is 0 Å². The van der Waals surface area contributed by atoms with Crippen molar-refractivity contribution in [3.8, 4) is 0 Å². The molecule has 1 aromatic carbocycles. The number of ketones is 1. The van der Waals surface area contributed by atoms with Gasteiger partial charge in [-0.1, -0.05) is 18.2 Å². The molecular formula is C14H11NO2. The molecule has 1 N–H and O–H groups in total. The van der Waals surface area contributed by atoms with Crippen LogP contribution in [0.1, 0.15) is 21.9 Å². The highest BCUT2D eigenvalue weighted by Gasteiger charge is 2.16. The average Bonchev–Trinajstić information content (AvgIpc) is 2.94. The van der Waals surface area contributed by atoms with Gasteiger partial charge in [-0.3, -0.25) is 4.79 Å². The molecule has 0 fully saturated rings. The smallest absolute Gasteiger partial charge is 0.230 e. The Balaban J connectivity index is 2.13. The van der Waals surface area contributed by atoms with Gasteiger partial charge in [-0.25, -0.2) is 0 Å². The summed E-state index contributed by atoms with van der Waals surface area (Å²) in [4.78, 5) is 15.3. The molecular weight excluding hydrogens is 214 g/mol. The van der Waals surface area contributed by atoms with Crippen LogP contribution in [0.3, 0.4) is 0 Å². The number of hydrogen-bond donors (Lipinski definition) is 1. The fourth-order valence-electron chi connectivity index (χ4n) is 1.95. The zero-order chi connectivity index (χ0) is 11.8. The monoisotopic (exact) mass is 225 g/mol. The van der Waals surface area contributed by atoms with Crippen LogP contribution in [0.2, 0.25) is 0 Å². The third kappa shape index (κ3) is 1.56. The summed E-state index contributed by atoms with van der Waals surface area (Å²) in [5.41, 5.74) is 1.61. The second kappa shape index (κ2) is 3.63. The molecule has 84 valence electrons. The number of hydrogen-bond acceptors (Lipinski definition) is 2. The van der Waals surface area contributed by atoms with Crippen LogP contribution in [0.4, 0.5) is 0 Å². The minimum absolute atomic E-state index is 0.0875. The number of para-hydroxylation sites is 1. The van der Waals surface area contributed by atoms with Gasteiger partial charge in [0.2, 0.25) is 5.78 Å². The van der Waals surface area contributed by atoms with Gasteiger partial charge < -0.3 is 9.40 Å². The number of aryl methyl sites for hydroxylation is 1. The highest BCUT2D eigenvalue weighted by Crippen LogP contribution is 2.21. The second-order valence-corrected chi connectivity index (χ2v) is 3.99. The number of nitrogens with one attached hydrogen (secondary N) is 1. The van der Waals surface area contributed by atoms with Gasteiger partial charge in [0.05, 0.1) is 5.56 Å². The van der Waals surface area contributed by atoms with Gasteiger partial charge in [-0.05, 0) is 25.1 Å². The summed E-state index contributed by atoms with van der Waals surface area (Å²) in [5.74, 6) is 1.04. The zero-order valence-corrected chi connectivity index (χ0v) is 9.36. The summed E-state index contributed by atoms with van der Waals surface area (Å²) in [6.45, 7) is 1.83. The first-order valence-electron chi connectivity index (χ1n) is 5.43. The highest BCUT2D eigenvalue weighted by molar-refractivity contribution is 6.15. The number of H-pyrrole nitrogens is 1. The molecule has 3 heteroatoms. The lowest BCUT2D eigenvalue weighted by Gasteiger charge is -1.95. The summed E-state index contributed by atoms with van der Waals surface area (Å²) in [6.07, 6.45) is 1.73. The largest absolute Gasteiger partial charge is 0.458 e. The van der Waals surface area contributed by atoms with Crippen molar-refractivity contribution in [1.82, 2.24) is 4.98 Å². The molecule has 0 atom stereocenters. The van der Waals surface area contributed by atoms with Crippen LogP contribution in [0, 0.1) is 6.92 Å². The maximum Gasteiger partial charge on any atom is 0.230 e. The summed E-state index contributed by atoms with van der Waals surface area (Å²) in [5, 5.41) is 0.923. The maximum absolute atomic E-state index is 12.2. The topological polar surface area (TPSA) is 46.0 Å². The third-order valence-corrected chi connectivity index (χ3v) is 2.80. The van der Waals surface area contributed by atoms with Gasteiger partial charge in [0.15, 0.2) is 5.76 Å². The molecule has 0 unspecified atom stereocenters. The number of benzene rings is 1. The molecule has 0 aliphatic carbocycles. The standard InChI is InChI=1S/C14H11NO2/c1-9-6-7-13(17-9)14(16)11-8-15-12-5-3-2-4-10(11)12/h2-8,15H,1H3. The van der Waals surface area contributed by atoms with E-state index < -0.39 is 0 Å². The summed E-state index contributed by atoms with van der Waals surface area (Å²) in [7, 11) is 0. The van der Waals surface area contributed by atoms with E-state index in [2.05, 4.69) is 4.98 Å². The van der Waals surface area contributed by atoms with Crippen molar-refractivity contribution in [3.05, 3.63) is 59.7 Å². The molecule has 3 aromatic rings. The fraction of sp³-hybridized carbons (Fsp3) is 0.0714. The maximum atomic E-state index is 12.2. The van der Waals surface area contributed by atoms with Crippen LogP contribution < -0.4 is 0 Å². The number of furan rings is 1. The van der Waals surface area contributed by atoms with E-state index in [1.807, 2.05) is 31.2 Å². The molecule has 0 saturated heterocycles. The molecule has 0 amide bonds. The minimum Gasteiger partial charge on any atom is -0.458 e. The second-order valence-electron chi connectivity index (χ2n) is 3.99. The summed E-state index contributed by atoms with van der Waals surface area (Å²) in [6, 6.07) is 11.2. The first-order chi connectivity index (χ1) is 8.25. The molecule has 2 heterocycles. The van der Waals surface area contributed by atoms with Crippen molar-refractivity contribution >= 4 is 16.7 Å². The van der Waals surface area contributed by atoms with E-state index in [-0.39, 0.29) is 5.78 Å². The predicted octanol–water partition coefficient (Wildman–Crippen LogP) is 3.30. The Morgan fingerprint density at radius 2 is 2.00 bits per heavy atom. The van der Waals surface area contributed by atoms with Crippen LogP contribution in [0.15, 0.2) is 47.0 Å². The molecule has 0 radical (unpaired) electrons. The van der Waals surface area contributed by atoms with Crippen LogP contribution in [-0.2, 0) is 0 Å². The SMILES string of the molecule is Cc1ccc(C(=O)c2c[nH]c3ccccc23)o1. The van der Waals surface area contributed by atoms with E-state index in [1.54, 1.807) is 18.3 Å². The molecule has 0 spiro atoms. The van der Waals surface area contributed by atoms with E-state index in [9.17, 15) is 4.79 Å². The molecule has 3 nitrogen and oxygen atoms in total. The normalized spacial score (nSPS) is 10.9. The first kappa shape index (κ1) is 9.90. The van der Waals surface area contributed by atoms with Gasteiger partial charge in [0.25, 0.3) is 0 Å². The summed E-state index contributed by atoms with van der Waals surface area (Å²) < 4.78 is 5.35. The Hall–Kier alpha value is -2.29. The Bertz CT molecular complexity index is 691. The lowest BCUT2D eigenvalue weighted by atomic mass is 10.1. The van der Waals surface area contributed by atoms with Crippen molar-refractivity contribution in [1.29, 1.82) is 0 Å². The Labute approximate surface area is 98.1 Å². The van der Waals surface area contributed by atoms with Crippen LogP contribution in [0.25, 0.3) is 10.9 Å². The van der Waals surface area contributed by atoms with Crippen LogP contribution >= 0.6 is 0 Å². The van der Waals surface area contributed by atoms with E-state index >= 15 is 0 Å². The molecule has 3 rings (SSSR count). The van der Waals surface area contributed by atoms with Gasteiger partial charge in [0.1, 0.15) is 5.76 Å². The Morgan fingerprint density at radius 1 is 1.18 bits per heavy atom. The highest BCUT2D eigenvalue weighted by atomic mass is 16.3. The van der Waals surface area contributed by atoms with Crippen molar-refractivity contribution < 1.29 is 9.21 Å². The van der Waals surface area contributed by atoms with Gasteiger partial charge in [-0.15, -0.1) is 0 Å². The third-order valence-electron chi connectivity index (χ3n) is 2.80. The van der Waals surface area contributed by atoms with E-state index in [4.69, 9.17) is 4.42 Å². The zero-order valence-electron chi connectivity index (χ0n) is 9.36. The fourth-order valence-corrected chi connectivity index (χ4v) is 1.95. The molecule has 0 aliphatic rings.